The summed E-state index contributed by atoms with van der Waals surface area (Å²) in [7, 11) is 3.67. The Bertz CT molecular complexity index is 1420. The van der Waals surface area contributed by atoms with Gasteiger partial charge in [0.2, 0.25) is 0 Å². The number of aromatic carboxylic acids is 1. The lowest BCUT2D eigenvalue weighted by Gasteiger charge is -2.25. The fourth-order valence-electron chi connectivity index (χ4n) is 6.47. The number of carboxylic acid groups (broad SMARTS) is 1. The Morgan fingerprint density at radius 2 is 1.91 bits per heavy atom. The van der Waals surface area contributed by atoms with Crippen molar-refractivity contribution in [2.45, 2.75) is 64.1 Å². The predicted molar refractivity (Wildman–Crippen MR) is 139 cm³/mol. The molecule has 6 rings (SSSR count). The lowest BCUT2D eigenvalue weighted by atomic mass is 9.81. The second kappa shape index (κ2) is 8.85. The molecule has 2 aliphatic rings. The molecular weight excluding hydrogens is 438 g/mol. The first kappa shape index (κ1) is 22.4. The van der Waals surface area contributed by atoms with Crippen molar-refractivity contribution in [1.29, 1.82) is 0 Å². The van der Waals surface area contributed by atoms with Crippen molar-refractivity contribution >= 4 is 27.8 Å². The minimum absolute atomic E-state index is 0.363. The summed E-state index contributed by atoms with van der Waals surface area (Å²) in [6.45, 7) is 2.54. The third kappa shape index (κ3) is 3.67. The summed E-state index contributed by atoms with van der Waals surface area (Å²) in [5.41, 5.74) is 7.97. The average molecular weight is 472 g/mol. The van der Waals surface area contributed by atoms with E-state index < -0.39 is 5.97 Å². The van der Waals surface area contributed by atoms with Gasteiger partial charge in [0.25, 0.3) is 0 Å². The van der Waals surface area contributed by atoms with Crippen LogP contribution in [0.25, 0.3) is 33.1 Å². The third-order valence-corrected chi connectivity index (χ3v) is 8.09. The van der Waals surface area contributed by atoms with Gasteiger partial charge in [-0.25, -0.2) is 4.79 Å². The number of hydrogen-bond acceptors (Lipinski definition) is 3. The molecule has 1 saturated carbocycles. The van der Waals surface area contributed by atoms with Crippen LogP contribution in [0, 0.1) is 0 Å². The first-order chi connectivity index (χ1) is 17.1. The van der Waals surface area contributed by atoms with E-state index in [0.717, 1.165) is 31.6 Å². The van der Waals surface area contributed by atoms with E-state index in [1.165, 1.54) is 70.8 Å². The molecule has 0 radical (unpaired) electrons. The normalized spacial score (nSPS) is 16.5. The Morgan fingerprint density at radius 3 is 2.69 bits per heavy atom. The van der Waals surface area contributed by atoms with Crippen molar-refractivity contribution in [3.05, 3.63) is 59.3 Å². The van der Waals surface area contributed by atoms with E-state index in [2.05, 4.69) is 39.6 Å². The first-order valence-corrected chi connectivity index (χ1v) is 12.8. The largest absolute Gasteiger partial charge is 0.478 e. The van der Waals surface area contributed by atoms with Crippen molar-refractivity contribution in [2.24, 2.45) is 0 Å². The van der Waals surface area contributed by atoms with E-state index in [1.54, 1.807) is 13.2 Å². The molecule has 35 heavy (non-hydrogen) atoms. The second-order valence-electron chi connectivity index (χ2n) is 10.2. The van der Waals surface area contributed by atoms with Gasteiger partial charge in [-0.05, 0) is 48.4 Å². The quantitative estimate of drug-likeness (QED) is 0.342. The van der Waals surface area contributed by atoms with Crippen molar-refractivity contribution in [3.8, 4) is 11.3 Å². The number of fused-ring (bicyclic) bond motifs is 4. The lowest BCUT2D eigenvalue weighted by Crippen LogP contribution is -2.15. The van der Waals surface area contributed by atoms with E-state index in [-0.39, 0.29) is 0 Å². The molecule has 4 aromatic rings. The Labute approximate surface area is 205 Å². The number of aromatic nitrogens is 2. The smallest absolute Gasteiger partial charge is 0.335 e. The molecule has 3 heterocycles. The molecule has 0 unspecified atom stereocenters. The number of carbonyl (C=O) groups is 1. The molecule has 1 fully saturated rings. The molecule has 0 bridgehead atoms. The minimum Gasteiger partial charge on any atom is -0.478 e. The molecule has 1 aliphatic carbocycles. The Hall–Kier alpha value is -3.09. The zero-order chi connectivity index (χ0) is 24.1. The number of carboxylic acids is 1. The maximum absolute atomic E-state index is 11.9. The summed E-state index contributed by atoms with van der Waals surface area (Å²) in [6, 6.07) is 12.4. The Kier molecular flexibility index (Phi) is 5.66. The van der Waals surface area contributed by atoms with Crippen LogP contribution in [0.1, 0.15) is 65.9 Å². The SMILES string of the molecule is CON(C)Cc1cn2c3c(cccc13)-c1c(C3CCCCC3)c3ccc(C(=O)O)cc3n1CCC2. The van der Waals surface area contributed by atoms with Crippen LogP contribution < -0.4 is 0 Å². The Balaban J connectivity index is 1.66. The number of rotatable bonds is 5. The summed E-state index contributed by atoms with van der Waals surface area (Å²) < 4.78 is 4.86. The summed E-state index contributed by atoms with van der Waals surface area (Å²) in [5.74, 6) is -0.356. The monoisotopic (exact) mass is 471 g/mol. The van der Waals surface area contributed by atoms with Crippen molar-refractivity contribution in [1.82, 2.24) is 14.2 Å². The van der Waals surface area contributed by atoms with E-state index in [9.17, 15) is 9.90 Å². The summed E-state index contributed by atoms with van der Waals surface area (Å²) in [5, 5.41) is 14.1. The van der Waals surface area contributed by atoms with Gasteiger partial charge >= 0.3 is 5.97 Å². The molecule has 182 valence electrons. The van der Waals surface area contributed by atoms with Gasteiger partial charge < -0.3 is 19.1 Å². The molecular formula is C29H33N3O3. The van der Waals surface area contributed by atoms with E-state index in [1.807, 2.05) is 18.2 Å². The van der Waals surface area contributed by atoms with E-state index >= 15 is 0 Å². The van der Waals surface area contributed by atoms with Crippen molar-refractivity contribution < 1.29 is 14.7 Å². The standard InChI is InChI=1S/C29H33N3O3/c1-30(35-2)17-21-18-31-14-7-15-32-25-16-20(29(33)34)12-13-23(25)26(19-8-4-3-5-9-19)28(32)24-11-6-10-22(21)27(24)31/h6,10-13,16,18-19H,3-5,7-9,14-15,17H2,1-2H3,(H,33,34). The molecule has 1 aliphatic heterocycles. The molecule has 6 heteroatoms. The summed E-state index contributed by atoms with van der Waals surface area (Å²) in [6.07, 6.45) is 9.53. The summed E-state index contributed by atoms with van der Waals surface area (Å²) in [4.78, 5) is 17.3. The van der Waals surface area contributed by atoms with Crippen LogP contribution in [-0.2, 0) is 24.5 Å². The van der Waals surface area contributed by atoms with Crippen LogP contribution in [0.15, 0.2) is 42.6 Å². The van der Waals surface area contributed by atoms with Gasteiger partial charge in [0.1, 0.15) is 0 Å². The van der Waals surface area contributed by atoms with Gasteiger partial charge in [-0.1, -0.05) is 43.5 Å². The molecule has 6 nitrogen and oxygen atoms in total. The molecule has 2 aromatic heterocycles. The van der Waals surface area contributed by atoms with Gasteiger partial charge in [-0.2, -0.15) is 5.06 Å². The first-order valence-electron chi connectivity index (χ1n) is 12.8. The lowest BCUT2D eigenvalue weighted by molar-refractivity contribution is -0.116. The van der Waals surface area contributed by atoms with Crippen LogP contribution >= 0.6 is 0 Å². The van der Waals surface area contributed by atoms with Gasteiger partial charge in [-0.3, -0.25) is 0 Å². The third-order valence-electron chi connectivity index (χ3n) is 8.09. The number of hydrogen-bond donors (Lipinski definition) is 1. The summed E-state index contributed by atoms with van der Waals surface area (Å²) >= 11 is 0. The molecule has 0 spiro atoms. The number of para-hydroxylation sites is 1. The highest BCUT2D eigenvalue weighted by atomic mass is 16.7. The fraction of sp³-hybridized carbons (Fsp3) is 0.414. The minimum atomic E-state index is -0.865. The van der Waals surface area contributed by atoms with E-state index in [4.69, 9.17) is 4.84 Å². The highest BCUT2D eigenvalue weighted by Crippen LogP contribution is 2.47. The molecule has 1 N–H and O–H groups in total. The van der Waals surface area contributed by atoms with Crippen LogP contribution in [0.4, 0.5) is 0 Å². The van der Waals surface area contributed by atoms with Crippen LogP contribution in [0.3, 0.4) is 0 Å². The number of hydroxylamine groups is 2. The maximum atomic E-state index is 11.9. The van der Waals surface area contributed by atoms with Gasteiger partial charge in [0.05, 0.1) is 30.4 Å². The second-order valence-corrected chi connectivity index (χ2v) is 10.2. The fourth-order valence-corrected chi connectivity index (χ4v) is 6.47. The van der Waals surface area contributed by atoms with Gasteiger partial charge in [-0.15, -0.1) is 0 Å². The molecule has 0 saturated heterocycles. The number of benzene rings is 2. The predicted octanol–water partition coefficient (Wildman–Crippen LogP) is 6.41. The molecule has 0 atom stereocenters. The van der Waals surface area contributed by atoms with Crippen molar-refractivity contribution in [2.75, 3.05) is 14.2 Å². The zero-order valence-corrected chi connectivity index (χ0v) is 20.6. The van der Waals surface area contributed by atoms with Crippen molar-refractivity contribution in [3.63, 3.8) is 0 Å². The van der Waals surface area contributed by atoms with Crippen LogP contribution in [0.2, 0.25) is 0 Å². The number of aryl methyl sites for hydroxylation is 2. The maximum Gasteiger partial charge on any atom is 0.335 e. The zero-order valence-electron chi connectivity index (χ0n) is 20.6. The molecule has 2 aromatic carbocycles. The molecule has 0 amide bonds. The van der Waals surface area contributed by atoms with Gasteiger partial charge in [0, 0.05) is 48.2 Å². The number of nitrogens with zero attached hydrogens (tertiary/aromatic N) is 3. The highest BCUT2D eigenvalue weighted by molar-refractivity contribution is 6.03. The van der Waals surface area contributed by atoms with Gasteiger partial charge in [0.15, 0.2) is 0 Å². The topological polar surface area (TPSA) is 59.6 Å². The van der Waals surface area contributed by atoms with Crippen LogP contribution in [-0.4, -0.2) is 39.4 Å². The van der Waals surface area contributed by atoms with Crippen LogP contribution in [0.5, 0.6) is 0 Å². The van der Waals surface area contributed by atoms with E-state index in [0.29, 0.717) is 11.5 Å². The average Bonchev–Trinajstić information content (AvgIpc) is 3.38. The highest BCUT2D eigenvalue weighted by Gasteiger charge is 2.29. The Morgan fingerprint density at radius 1 is 1.09 bits per heavy atom.